The lowest BCUT2D eigenvalue weighted by molar-refractivity contribution is 0.310. The summed E-state index contributed by atoms with van der Waals surface area (Å²) in [6.45, 7) is 4.24. The van der Waals surface area contributed by atoms with Gasteiger partial charge in [0.25, 0.3) is 0 Å². The van der Waals surface area contributed by atoms with E-state index in [9.17, 15) is 0 Å². The molecule has 1 saturated heterocycles. The molecule has 1 aromatic heterocycles. The Morgan fingerprint density at radius 1 is 1.53 bits per heavy atom. The summed E-state index contributed by atoms with van der Waals surface area (Å²) in [5, 5.41) is 4.50. The van der Waals surface area contributed by atoms with Gasteiger partial charge in [0.15, 0.2) is 5.82 Å². The number of nitrogens with two attached hydrogens (primary N) is 1. The van der Waals surface area contributed by atoms with Crippen molar-refractivity contribution in [3.05, 3.63) is 11.7 Å². The van der Waals surface area contributed by atoms with Gasteiger partial charge in [-0.2, -0.15) is 16.7 Å². The minimum atomic E-state index is -0.130. The molecule has 1 aliphatic heterocycles. The summed E-state index contributed by atoms with van der Waals surface area (Å²) in [4.78, 5) is 4.48. The highest BCUT2D eigenvalue weighted by molar-refractivity contribution is 7.99. The molecule has 0 aliphatic carbocycles. The zero-order chi connectivity index (χ0) is 12.3. The lowest BCUT2D eigenvalue weighted by Crippen LogP contribution is -2.19. The molecule has 3 unspecified atom stereocenters. The average Bonchev–Trinajstić information content (AvgIpc) is 2.87. The van der Waals surface area contributed by atoms with Crippen molar-refractivity contribution >= 4 is 11.8 Å². The van der Waals surface area contributed by atoms with Crippen molar-refractivity contribution < 1.29 is 4.52 Å². The third kappa shape index (κ3) is 3.01. The first-order valence-electron chi connectivity index (χ1n) is 6.43. The van der Waals surface area contributed by atoms with Gasteiger partial charge in [0, 0.05) is 0 Å². The third-order valence-corrected chi connectivity index (χ3v) is 4.84. The molecule has 0 aromatic carbocycles. The van der Waals surface area contributed by atoms with Crippen LogP contribution in [0.2, 0.25) is 0 Å². The van der Waals surface area contributed by atoms with Crippen LogP contribution in [0.3, 0.4) is 0 Å². The van der Waals surface area contributed by atoms with Crippen LogP contribution in [-0.2, 0) is 0 Å². The monoisotopic (exact) mass is 255 g/mol. The minimum Gasteiger partial charge on any atom is -0.338 e. The normalized spacial score (nSPS) is 24.5. The molecule has 17 heavy (non-hydrogen) atoms. The summed E-state index contributed by atoms with van der Waals surface area (Å²) in [5.74, 6) is 3.01. The Morgan fingerprint density at radius 3 is 3.00 bits per heavy atom. The Bertz CT molecular complexity index is 333. The molecule has 2 N–H and O–H groups in total. The maximum atomic E-state index is 6.09. The van der Waals surface area contributed by atoms with E-state index in [0.717, 1.165) is 18.7 Å². The first-order valence-corrected chi connectivity index (χ1v) is 7.48. The highest BCUT2D eigenvalue weighted by Crippen LogP contribution is 2.37. The topological polar surface area (TPSA) is 64.9 Å². The van der Waals surface area contributed by atoms with Crippen LogP contribution in [-0.4, -0.2) is 15.9 Å². The number of thioether (sulfide) groups is 1. The molecule has 2 heterocycles. The van der Waals surface area contributed by atoms with Gasteiger partial charge in [0.2, 0.25) is 5.89 Å². The van der Waals surface area contributed by atoms with Crippen LogP contribution < -0.4 is 5.73 Å². The van der Waals surface area contributed by atoms with E-state index in [1.165, 1.54) is 18.6 Å². The third-order valence-electron chi connectivity index (χ3n) is 3.47. The van der Waals surface area contributed by atoms with Crippen LogP contribution in [0.25, 0.3) is 0 Å². The Morgan fingerprint density at radius 2 is 2.35 bits per heavy atom. The van der Waals surface area contributed by atoms with E-state index in [1.54, 1.807) is 0 Å². The van der Waals surface area contributed by atoms with Crippen LogP contribution in [0.15, 0.2) is 4.52 Å². The number of aromatic nitrogens is 2. The first-order chi connectivity index (χ1) is 8.22. The molecule has 1 fully saturated rings. The van der Waals surface area contributed by atoms with Crippen molar-refractivity contribution in [1.29, 1.82) is 0 Å². The van der Waals surface area contributed by atoms with Crippen molar-refractivity contribution in [2.45, 2.75) is 50.8 Å². The van der Waals surface area contributed by atoms with Gasteiger partial charge in [0.1, 0.15) is 0 Å². The zero-order valence-corrected chi connectivity index (χ0v) is 11.4. The van der Waals surface area contributed by atoms with Crippen LogP contribution in [0.4, 0.5) is 0 Å². The molecule has 0 saturated carbocycles. The fourth-order valence-electron chi connectivity index (χ4n) is 1.96. The highest BCUT2D eigenvalue weighted by atomic mass is 32.2. The maximum Gasteiger partial charge on any atom is 0.243 e. The molecule has 0 spiro atoms. The van der Waals surface area contributed by atoms with Crippen LogP contribution in [0.5, 0.6) is 0 Å². The first kappa shape index (κ1) is 12.9. The molecule has 3 atom stereocenters. The summed E-state index contributed by atoms with van der Waals surface area (Å²) in [5.41, 5.74) is 6.09. The summed E-state index contributed by atoms with van der Waals surface area (Å²) in [7, 11) is 0. The second-order valence-corrected chi connectivity index (χ2v) is 6.07. The van der Waals surface area contributed by atoms with Crippen LogP contribution in [0, 0.1) is 5.92 Å². The molecule has 4 nitrogen and oxygen atoms in total. The van der Waals surface area contributed by atoms with Gasteiger partial charge in [-0.1, -0.05) is 31.8 Å². The smallest absolute Gasteiger partial charge is 0.243 e. The second-order valence-electron chi connectivity index (χ2n) is 4.76. The molecular weight excluding hydrogens is 234 g/mol. The largest absolute Gasteiger partial charge is 0.338 e. The van der Waals surface area contributed by atoms with Crippen molar-refractivity contribution in [3.8, 4) is 0 Å². The predicted molar refractivity (Wildman–Crippen MR) is 69.7 cm³/mol. The Balaban J connectivity index is 2.04. The van der Waals surface area contributed by atoms with Gasteiger partial charge in [0.05, 0.1) is 11.3 Å². The molecule has 2 rings (SSSR count). The van der Waals surface area contributed by atoms with E-state index < -0.39 is 0 Å². The SMILES string of the molecule is CCC(C)C(N)c1nc(C2CCCCS2)no1. The maximum absolute atomic E-state index is 6.09. The van der Waals surface area contributed by atoms with E-state index >= 15 is 0 Å². The summed E-state index contributed by atoms with van der Waals surface area (Å²) >= 11 is 1.93. The molecule has 5 heteroatoms. The Hall–Kier alpha value is -0.550. The summed E-state index contributed by atoms with van der Waals surface area (Å²) in [6, 6.07) is -0.130. The van der Waals surface area contributed by atoms with E-state index in [0.29, 0.717) is 17.1 Å². The van der Waals surface area contributed by atoms with E-state index in [-0.39, 0.29) is 6.04 Å². The predicted octanol–water partition coefficient (Wildman–Crippen LogP) is 3.07. The van der Waals surface area contributed by atoms with E-state index in [1.807, 2.05) is 11.8 Å². The summed E-state index contributed by atoms with van der Waals surface area (Å²) < 4.78 is 5.30. The fraction of sp³-hybridized carbons (Fsp3) is 0.833. The Kier molecular flexibility index (Phi) is 4.45. The molecule has 0 radical (unpaired) electrons. The van der Waals surface area contributed by atoms with Gasteiger partial charge >= 0.3 is 0 Å². The molecule has 96 valence electrons. The number of hydrogen-bond donors (Lipinski definition) is 1. The van der Waals surface area contributed by atoms with Crippen LogP contribution in [0.1, 0.15) is 62.5 Å². The number of hydrogen-bond acceptors (Lipinski definition) is 5. The zero-order valence-electron chi connectivity index (χ0n) is 10.6. The molecule has 1 aliphatic rings. The molecular formula is C12H21N3OS. The molecule has 0 bridgehead atoms. The van der Waals surface area contributed by atoms with Gasteiger partial charge in [-0.15, -0.1) is 0 Å². The van der Waals surface area contributed by atoms with E-state index in [2.05, 4.69) is 24.0 Å². The van der Waals surface area contributed by atoms with Crippen molar-refractivity contribution in [1.82, 2.24) is 10.1 Å². The standard InChI is InChI=1S/C12H21N3OS/c1-3-8(2)10(13)12-14-11(15-16-12)9-6-4-5-7-17-9/h8-10H,3-7,13H2,1-2H3. The lowest BCUT2D eigenvalue weighted by Gasteiger charge is -2.17. The second kappa shape index (κ2) is 5.87. The number of rotatable bonds is 4. The van der Waals surface area contributed by atoms with Crippen molar-refractivity contribution in [2.75, 3.05) is 5.75 Å². The fourth-order valence-corrected chi connectivity index (χ4v) is 3.19. The molecule has 0 amide bonds. The summed E-state index contributed by atoms with van der Waals surface area (Å²) in [6.07, 6.45) is 4.75. The van der Waals surface area contributed by atoms with Gasteiger partial charge in [-0.05, 0) is 24.5 Å². The van der Waals surface area contributed by atoms with Gasteiger partial charge in [-0.3, -0.25) is 0 Å². The van der Waals surface area contributed by atoms with Gasteiger partial charge < -0.3 is 10.3 Å². The lowest BCUT2D eigenvalue weighted by atomic mass is 10.0. The molecule has 1 aromatic rings. The van der Waals surface area contributed by atoms with Crippen molar-refractivity contribution in [2.24, 2.45) is 11.7 Å². The van der Waals surface area contributed by atoms with Gasteiger partial charge in [-0.25, -0.2) is 0 Å². The minimum absolute atomic E-state index is 0.130. The van der Waals surface area contributed by atoms with E-state index in [4.69, 9.17) is 10.3 Å². The highest BCUT2D eigenvalue weighted by Gasteiger charge is 2.25. The Labute approximate surface area is 107 Å². The number of nitrogens with zero attached hydrogens (tertiary/aromatic N) is 2. The van der Waals surface area contributed by atoms with Crippen LogP contribution >= 0.6 is 11.8 Å². The quantitative estimate of drug-likeness (QED) is 0.895. The average molecular weight is 255 g/mol. The van der Waals surface area contributed by atoms with Crippen molar-refractivity contribution in [3.63, 3.8) is 0 Å².